The zero-order valence-electron chi connectivity index (χ0n) is 13.2. The zero-order valence-corrected chi connectivity index (χ0v) is 13.2. The molecule has 0 saturated heterocycles. The molecule has 4 heteroatoms. The maximum Gasteiger partial charge on any atom is 0.222 e. The molecule has 0 aliphatic carbocycles. The van der Waals surface area contributed by atoms with Gasteiger partial charge in [0.2, 0.25) is 5.91 Å². The third-order valence-electron chi connectivity index (χ3n) is 3.63. The van der Waals surface area contributed by atoms with Crippen molar-refractivity contribution in [3.8, 4) is 0 Å². The Hall–Kier alpha value is -0.610. The van der Waals surface area contributed by atoms with Crippen LogP contribution < -0.4 is 5.73 Å². The molecule has 0 saturated carbocycles. The zero-order chi connectivity index (χ0) is 14.5. The molecule has 0 aromatic heterocycles. The molecule has 114 valence electrons. The van der Waals surface area contributed by atoms with Crippen molar-refractivity contribution in [2.24, 2.45) is 5.73 Å². The van der Waals surface area contributed by atoms with Crippen LogP contribution in [0.1, 0.15) is 52.9 Å². The molecular weight excluding hydrogens is 238 g/mol. The van der Waals surface area contributed by atoms with Gasteiger partial charge in [0.25, 0.3) is 0 Å². The van der Waals surface area contributed by atoms with E-state index in [-0.39, 0.29) is 0 Å². The van der Waals surface area contributed by atoms with E-state index in [1.165, 1.54) is 0 Å². The summed E-state index contributed by atoms with van der Waals surface area (Å²) in [4.78, 5) is 16.4. The van der Waals surface area contributed by atoms with Gasteiger partial charge in [-0.1, -0.05) is 20.3 Å². The van der Waals surface area contributed by atoms with Gasteiger partial charge in [-0.2, -0.15) is 0 Å². The Labute approximate surface area is 119 Å². The molecule has 1 amide bonds. The standard InChI is InChI=1S/C15H33N3O/c1-4-17(5-2)13-10-14-18(6-3)15(19)11-8-7-9-12-16/h4-14,16H2,1-3H3. The Bertz CT molecular complexity index is 217. The lowest BCUT2D eigenvalue weighted by Crippen LogP contribution is -2.34. The van der Waals surface area contributed by atoms with E-state index in [4.69, 9.17) is 5.73 Å². The largest absolute Gasteiger partial charge is 0.343 e. The third-order valence-corrected chi connectivity index (χ3v) is 3.63. The average Bonchev–Trinajstić information content (AvgIpc) is 2.44. The van der Waals surface area contributed by atoms with Crippen LogP contribution in [0.4, 0.5) is 0 Å². The van der Waals surface area contributed by atoms with Gasteiger partial charge in [0.15, 0.2) is 0 Å². The first kappa shape index (κ1) is 18.4. The third kappa shape index (κ3) is 9.00. The highest BCUT2D eigenvalue weighted by atomic mass is 16.2. The number of unbranched alkanes of at least 4 members (excludes halogenated alkanes) is 2. The molecule has 0 atom stereocenters. The number of carbonyl (C=O) groups is 1. The van der Waals surface area contributed by atoms with Gasteiger partial charge in [-0.3, -0.25) is 4.79 Å². The number of amides is 1. The predicted octanol–water partition coefficient (Wildman–Crippen LogP) is 2.09. The minimum atomic E-state index is 0.305. The minimum absolute atomic E-state index is 0.305. The molecule has 0 bridgehead atoms. The first-order valence-electron chi connectivity index (χ1n) is 7.89. The molecule has 0 rings (SSSR count). The summed E-state index contributed by atoms with van der Waals surface area (Å²) in [6.07, 6.45) is 4.83. The summed E-state index contributed by atoms with van der Waals surface area (Å²) < 4.78 is 0. The van der Waals surface area contributed by atoms with Crippen molar-refractivity contribution in [3.63, 3.8) is 0 Å². The number of hydrogen-bond acceptors (Lipinski definition) is 3. The van der Waals surface area contributed by atoms with E-state index in [2.05, 4.69) is 25.7 Å². The molecule has 0 fully saturated rings. The van der Waals surface area contributed by atoms with Crippen LogP contribution in [-0.4, -0.2) is 55.0 Å². The van der Waals surface area contributed by atoms with Gasteiger partial charge in [0.05, 0.1) is 0 Å². The highest BCUT2D eigenvalue weighted by Crippen LogP contribution is 2.04. The van der Waals surface area contributed by atoms with E-state index in [0.29, 0.717) is 12.3 Å². The van der Waals surface area contributed by atoms with E-state index >= 15 is 0 Å². The maximum atomic E-state index is 12.0. The fourth-order valence-corrected chi connectivity index (χ4v) is 2.24. The van der Waals surface area contributed by atoms with E-state index in [1.54, 1.807) is 0 Å². The summed E-state index contributed by atoms with van der Waals surface area (Å²) in [6, 6.07) is 0. The van der Waals surface area contributed by atoms with Crippen molar-refractivity contribution >= 4 is 5.91 Å². The second-order valence-electron chi connectivity index (χ2n) is 4.95. The lowest BCUT2D eigenvalue weighted by atomic mass is 10.1. The van der Waals surface area contributed by atoms with Gasteiger partial charge in [0, 0.05) is 19.5 Å². The summed E-state index contributed by atoms with van der Waals surface area (Å²) in [5.74, 6) is 0.305. The number of nitrogens with two attached hydrogens (primary N) is 1. The normalized spacial score (nSPS) is 11.0. The second-order valence-corrected chi connectivity index (χ2v) is 4.95. The molecule has 2 N–H and O–H groups in total. The first-order valence-corrected chi connectivity index (χ1v) is 7.89. The summed E-state index contributed by atoms with van der Waals surface area (Å²) in [5.41, 5.74) is 5.45. The summed E-state index contributed by atoms with van der Waals surface area (Å²) >= 11 is 0. The summed E-state index contributed by atoms with van der Waals surface area (Å²) in [5, 5.41) is 0. The second kappa shape index (κ2) is 12.4. The molecule has 0 radical (unpaired) electrons. The van der Waals surface area contributed by atoms with Crippen molar-refractivity contribution in [3.05, 3.63) is 0 Å². The van der Waals surface area contributed by atoms with Crippen molar-refractivity contribution in [1.29, 1.82) is 0 Å². The lowest BCUT2D eigenvalue weighted by molar-refractivity contribution is -0.131. The van der Waals surface area contributed by atoms with Gasteiger partial charge in [-0.15, -0.1) is 0 Å². The number of hydrogen-bond donors (Lipinski definition) is 1. The van der Waals surface area contributed by atoms with Gasteiger partial charge in [-0.25, -0.2) is 0 Å². The van der Waals surface area contributed by atoms with Crippen LogP contribution in [0.25, 0.3) is 0 Å². The van der Waals surface area contributed by atoms with Crippen LogP contribution in [0.3, 0.4) is 0 Å². The Morgan fingerprint density at radius 2 is 1.58 bits per heavy atom. The highest BCUT2D eigenvalue weighted by molar-refractivity contribution is 5.76. The maximum absolute atomic E-state index is 12.0. The Morgan fingerprint density at radius 1 is 0.895 bits per heavy atom. The van der Waals surface area contributed by atoms with E-state index < -0.39 is 0 Å². The quantitative estimate of drug-likeness (QED) is 0.553. The lowest BCUT2D eigenvalue weighted by Gasteiger charge is -2.23. The predicted molar refractivity (Wildman–Crippen MR) is 82.2 cm³/mol. The van der Waals surface area contributed by atoms with Crippen molar-refractivity contribution in [2.45, 2.75) is 52.9 Å². The van der Waals surface area contributed by atoms with Crippen LogP contribution >= 0.6 is 0 Å². The molecule has 0 heterocycles. The molecule has 0 unspecified atom stereocenters. The van der Waals surface area contributed by atoms with Crippen LogP contribution in [-0.2, 0) is 4.79 Å². The summed E-state index contributed by atoms with van der Waals surface area (Å²) in [6.45, 7) is 12.2. The minimum Gasteiger partial charge on any atom is -0.343 e. The first-order chi connectivity index (χ1) is 9.19. The highest BCUT2D eigenvalue weighted by Gasteiger charge is 2.11. The fourth-order valence-electron chi connectivity index (χ4n) is 2.24. The molecule has 0 spiro atoms. The number of carbonyl (C=O) groups excluding carboxylic acids is 1. The number of rotatable bonds is 12. The van der Waals surface area contributed by atoms with Crippen LogP contribution in [0.5, 0.6) is 0 Å². The smallest absolute Gasteiger partial charge is 0.222 e. The van der Waals surface area contributed by atoms with Crippen LogP contribution in [0.2, 0.25) is 0 Å². The van der Waals surface area contributed by atoms with Crippen LogP contribution in [0.15, 0.2) is 0 Å². The van der Waals surface area contributed by atoms with Gasteiger partial charge in [0.1, 0.15) is 0 Å². The number of nitrogens with zero attached hydrogens (tertiary/aromatic N) is 2. The Morgan fingerprint density at radius 3 is 2.11 bits per heavy atom. The van der Waals surface area contributed by atoms with E-state index in [9.17, 15) is 4.79 Å². The van der Waals surface area contributed by atoms with Crippen molar-refractivity contribution in [2.75, 3.05) is 39.3 Å². The van der Waals surface area contributed by atoms with Gasteiger partial charge < -0.3 is 15.5 Å². The molecule has 0 aliphatic rings. The SMILES string of the molecule is CCN(CC)CCCN(CC)C(=O)CCCCCN. The monoisotopic (exact) mass is 271 g/mol. The molecule has 0 aromatic rings. The van der Waals surface area contributed by atoms with Crippen molar-refractivity contribution < 1.29 is 4.79 Å². The summed E-state index contributed by atoms with van der Waals surface area (Å²) in [7, 11) is 0. The fraction of sp³-hybridized carbons (Fsp3) is 0.933. The molecular formula is C15H33N3O. The topological polar surface area (TPSA) is 49.6 Å². The average molecular weight is 271 g/mol. The van der Waals surface area contributed by atoms with Crippen LogP contribution in [0, 0.1) is 0 Å². The van der Waals surface area contributed by atoms with Gasteiger partial charge >= 0.3 is 0 Å². The van der Waals surface area contributed by atoms with Gasteiger partial charge in [-0.05, 0) is 52.4 Å². The van der Waals surface area contributed by atoms with E-state index in [1.807, 2.05) is 4.90 Å². The Kier molecular flexibility index (Phi) is 12.0. The molecule has 4 nitrogen and oxygen atoms in total. The Balaban J connectivity index is 3.82. The molecule has 0 aliphatic heterocycles. The molecule has 0 aromatic carbocycles. The van der Waals surface area contributed by atoms with Crippen molar-refractivity contribution in [1.82, 2.24) is 9.80 Å². The molecule has 19 heavy (non-hydrogen) atoms. The van der Waals surface area contributed by atoms with E-state index in [0.717, 1.165) is 65.0 Å².